The molecule has 4 rings (SSSR count). The minimum atomic E-state index is -0.225. The largest absolute Gasteiger partial charge is 0.350 e. The molecular formula is C20H21Cl2N5O2. The number of hydrogen-bond acceptors (Lipinski definition) is 4. The van der Waals surface area contributed by atoms with Crippen LogP contribution in [0.3, 0.4) is 0 Å². The number of amides is 1. The van der Waals surface area contributed by atoms with Crippen molar-refractivity contribution in [2.75, 3.05) is 26.2 Å². The van der Waals surface area contributed by atoms with E-state index >= 15 is 0 Å². The number of hydrogen-bond donors (Lipinski definition) is 0. The maximum absolute atomic E-state index is 12.6. The number of benzene rings is 1. The second kappa shape index (κ2) is 8.57. The summed E-state index contributed by atoms with van der Waals surface area (Å²) in [5, 5.41) is 5.41. The molecule has 0 spiro atoms. The molecule has 0 bridgehead atoms. The third-order valence-electron chi connectivity index (χ3n) is 5.18. The lowest BCUT2D eigenvalue weighted by molar-refractivity contribution is -0.133. The quantitative estimate of drug-likeness (QED) is 0.619. The average molecular weight is 434 g/mol. The van der Waals surface area contributed by atoms with Crippen molar-refractivity contribution in [2.45, 2.75) is 19.5 Å². The summed E-state index contributed by atoms with van der Waals surface area (Å²) in [7, 11) is 0. The van der Waals surface area contributed by atoms with Crippen LogP contribution in [0.2, 0.25) is 10.0 Å². The first-order valence-electron chi connectivity index (χ1n) is 9.50. The van der Waals surface area contributed by atoms with Gasteiger partial charge in [-0.2, -0.15) is 0 Å². The van der Waals surface area contributed by atoms with Gasteiger partial charge < -0.3 is 4.90 Å². The van der Waals surface area contributed by atoms with Crippen LogP contribution in [-0.2, 0) is 17.9 Å². The maximum Gasteiger partial charge on any atom is 0.350 e. The van der Waals surface area contributed by atoms with Crippen LogP contribution >= 0.6 is 23.2 Å². The Balaban J connectivity index is 1.30. The van der Waals surface area contributed by atoms with Gasteiger partial charge in [0.1, 0.15) is 0 Å². The fraction of sp³-hybridized carbons (Fsp3) is 0.350. The van der Waals surface area contributed by atoms with E-state index in [0.717, 1.165) is 18.7 Å². The molecule has 0 saturated carbocycles. The van der Waals surface area contributed by atoms with Crippen LogP contribution in [-0.4, -0.2) is 56.1 Å². The SMILES string of the molecule is O=C(CCn1nc2ccccn2c1=O)N1CCN(Cc2cccc(Cl)c2Cl)CC1. The summed E-state index contributed by atoms with van der Waals surface area (Å²) in [5.41, 5.74) is 1.35. The van der Waals surface area contributed by atoms with Crippen LogP contribution < -0.4 is 5.69 Å². The van der Waals surface area contributed by atoms with E-state index < -0.39 is 0 Å². The summed E-state index contributed by atoms with van der Waals surface area (Å²) in [6.07, 6.45) is 1.93. The lowest BCUT2D eigenvalue weighted by Crippen LogP contribution is -2.48. The van der Waals surface area contributed by atoms with Gasteiger partial charge in [0, 0.05) is 45.3 Å². The minimum absolute atomic E-state index is 0.0365. The van der Waals surface area contributed by atoms with Gasteiger partial charge in [-0.25, -0.2) is 9.48 Å². The van der Waals surface area contributed by atoms with Crippen molar-refractivity contribution in [1.82, 2.24) is 24.0 Å². The Bertz CT molecular complexity index is 1090. The molecule has 1 aromatic carbocycles. The standard InChI is InChI=1S/C20H21Cl2N5O2/c21-16-5-3-4-15(19(16)22)14-24-10-12-25(13-11-24)18(28)7-9-27-20(29)26-8-2-1-6-17(26)23-27/h1-6,8H,7,9-14H2. The zero-order valence-electron chi connectivity index (χ0n) is 15.8. The van der Waals surface area contributed by atoms with Gasteiger partial charge in [0.2, 0.25) is 5.91 Å². The van der Waals surface area contributed by atoms with Gasteiger partial charge in [-0.05, 0) is 23.8 Å². The number of piperazine rings is 1. The van der Waals surface area contributed by atoms with Crippen LogP contribution in [0.5, 0.6) is 0 Å². The van der Waals surface area contributed by atoms with Crippen LogP contribution in [0.1, 0.15) is 12.0 Å². The van der Waals surface area contributed by atoms with Crippen molar-refractivity contribution >= 4 is 34.8 Å². The Hall–Kier alpha value is -2.35. The van der Waals surface area contributed by atoms with E-state index in [1.807, 2.05) is 23.1 Å². The lowest BCUT2D eigenvalue weighted by atomic mass is 10.2. The Labute approximate surface area is 178 Å². The molecule has 0 N–H and O–H groups in total. The zero-order chi connectivity index (χ0) is 20.4. The maximum atomic E-state index is 12.6. The molecule has 152 valence electrons. The highest BCUT2D eigenvalue weighted by atomic mass is 35.5. The third kappa shape index (κ3) is 4.32. The highest BCUT2D eigenvalue weighted by Gasteiger charge is 2.22. The molecule has 1 aliphatic heterocycles. The summed E-state index contributed by atoms with van der Waals surface area (Å²) < 4.78 is 2.83. The van der Waals surface area contributed by atoms with E-state index in [9.17, 15) is 9.59 Å². The molecule has 29 heavy (non-hydrogen) atoms. The summed E-state index contributed by atoms with van der Waals surface area (Å²) in [6.45, 7) is 3.82. The van der Waals surface area contributed by atoms with Crippen molar-refractivity contribution in [3.8, 4) is 0 Å². The van der Waals surface area contributed by atoms with Gasteiger partial charge in [0.15, 0.2) is 5.65 Å². The Morgan fingerprint density at radius 1 is 1.03 bits per heavy atom. The van der Waals surface area contributed by atoms with Gasteiger partial charge in [0.05, 0.1) is 16.6 Å². The first-order chi connectivity index (χ1) is 14.0. The minimum Gasteiger partial charge on any atom is -0.340 e. The summed E-state index contributed by atoms with van der Waals surface area (Å²) >= 11 is 12.4. The molecule has 1 fully saturated rings. The molecule has 0 atom stereocenters. The Morgan fingerprint density at radius 3 is 2.59 bits per heavy atom. The Kier molecular flexibility index (Phi) is 5.89. The highest BCUT2D eigenvalue weighted by Crippen LogP contribution is 2.26. The van der Waals surface area contributed by atoms with Gasteiger partial charge in [-0.15, -0.1) is 5.10 Å². The number of fused-ring (bicyclic) bond motifs is 1. The predicted octanol–water partition coefficient (Wildman–Crippen LogP) is 2.54. The number of pyridine rings is 1. The van der Waals surface area contributed by atoms with E-state index in [0.29, 0.717) is 35.3 Å². The number of aromatic nitrogens is 3. The molecule has 3 aromatic rings. The van der Waals surface area contributed by atoms with Crippen LogP contribution in [0.25, 0.3) is 5.65 Å². The van der Waals surface area contributed by atoms with Crippen LogP contribution in [0, 0.1) is 0 Å². The number of aryl methyl sites for hydroxylation is 1. The molecule has 1 amide bonds. The molecule has 9 heteroatoms. The van der Waals surface area contributed by atoms with Gasteiger partial charge in [-0.3, -0.25) is 14.1 Å². The van der Waals surface area contributed by atoms with Crippen LogP contribution in [0.4, 0.5) is 0 Å². The number of nitrogens with zero attached hydrogens (tertiary/aromatic N) is 5. The predicted molar refractivity (Wildman–Crippen MR) is 112 cm³/mol. The van der Waals surface area contributed by atoms with Gasteiger partial charge >= 0.3 is 5.69 Å². The smallest absolute Gasteiger partial charge is 0.340 e. The van der Waals surface area contributed by atoms with E-state index in [4.69, 9.17) is 23.2 Å². The Morgan fingerprint density at radius 2 is 1.83 bits per heavy atom. The number of halogens is 2. The molecular weight excluding hydrogens is 413 g/mol. The second-order valence-corrected chi connectivity index (χ2v) is 7.84. The fourth-order valence-corrected chi connectivity index (χ4v) is 3.92. The number of carbonyl (C=O) groups is 1. The molecule has 2 aromatic heterocycles. The molecule has 3 heterocycles. The first kappa shape index (κ1) is 19.9. The molecule has 1 aliphatic rings. The second-order valence-electron chi connectivity index (χ2n) is 7.05. The first-order valence-corrected chi connectivity index (χ1v) is 10.3. The van der Waals surface area contributed by atoms with Crippen molar-refractivity contribution in [2.24, 2.45) is 0 Å². The normalized spacial score (nSPS) is 15.2. The van der Waals surface area contributed by atoms with Crippen LogP contribution in [0.15, 0.2) is 47.4 Å². The van der Waals surface area contributed by atoms with E-state index in [-0.39, 0.29) is 24.6 Å². The van der Waals surface area contributed by atoms with Crippen molar-refractivity contribution in [3.05, 3.63) is 68.7 Å². The molecule has 7 nitrogen and oxygen atoms in total. The van der Waals surface area contributed by atoms with Crippen molar-refractivity contribution in [3.63, 3.8) is 0 Å². The average Bonchev–Trinajstić information content (AvgIpc) is 3.06. The number of carbonyl (C=O) groups excluding carboxylic acids is 1. The number of rotatable bonds is 5. The molecule has 0 aliphatic carbocycles. The summed E-state index contributed by atoms with van der Waals surface area (Å²) in [5.74, 6) is 0.0365. The lowest BCUT2D eigenvalue weighted by Gasteiger charge is -2.35. The summed E-state index contributed by atoms with van der Waals surface area (Å²) in [6, 6.07) is 11.0. The van der Waals surface area contributed by atoms with E-state index in [1.54, 1.807) is 24.4 Å². The van der Waals surface area contributed by atoms with Crippen molar-refractivity contribution < 1.29 is 4.79 Å². The van der Waals surface area contributed by atoms with Gasteiger partial charge in [0.25, 0.3) is 0 Å². The van der Waals surface area contributed by atoms with Crippen molar-refractivity contribution in [1.29, 1.82) is 0 Å². The topological polar surface area (TPSA) is 62.9 Å². The summed E-state index contributed by atoms with van der Waals surface area (Å²) in [4.78, 5) is 29.0. The van der Waals surface area contributed by atoms with E-state index in [2.05, 4.69) is 10.00 Å². The fourth-order valence-electron chi connectivity index (χ4n) is 3.54. The highest BCUT2D eigenvalue weighted by molar-refractivity contribution is 6.42. The van der Waals surface area contributed by atoms with Gasteiger partial charge in [-0.1, -0.05) is 41.4 Å². The van der Waals surface area contributed by atoms with E-state index in [1.165, 1.54) is 9.08 Å². The monoisotopic (exact) mass is 433 g/mol. The zero-order valence-corrected chi connectivity index (χ0v) is 17.3. The molecule has 0 unspecified atom stereocenters. The molecule has 0 radical (unpaired) electrons. The molecule has 1 saturated heterocycles. The third-order valence-corrected chi connectivity index (χ3v) is 6.03.